The summed E-state index contributed by atoms with van der Waals surface area (Å²) in [5, 5.41) is 5.52. The lowest BCUT2D eigenvalue weighted by molar-refractivity contribution is -0.194. The van der Waals surface area contributed by atoms with Crippen LogP contribution >= 0.6 is 11.6 Å². The maximum Gasteiger partial charge on any atom is 0.482 e. The third-order valence-corrected chi connectivity index (χ3v) is 3.75. The van der Waals surface area contributed by atoms with Crippen LogP contribution in [0.4, 0.5) is 8.78 Å². The molecule has 0 aliphatic carbocycles. The van der Waals surface area contributed by atoms with E-state index in [-0.39, 0.29) is 22.7 Å². The number of amides is 1. The third kappa shape index (κ3) is 4.04. The molecule has 4 nitrogen and oxygen atoms in total. The van der Waals surface area contributed by atoms with Gasteiger partial charge in [-0.05, 0) is 37.6 Å². The maximum absolute atomic E-state index is 13.9. The summed E-state index contributed by atoms with van der Waals surface area (Å²) < 4.78 is 32.2. The van der Waals surface area contributed by atoms with Gasteiger partial charge in [0.25, 0.3) is 0 Å². The molecule has 0 spiro atoms. The normalized spacial score (nSPS) is 22.7. The summed E-state index contributed by atoms with van der Waals surface area (Å²) in [4.78, 5) is 11.7. The van der Waals surface area contributed by atoms with Gasteiger partial charge in [0.15, 0.2) is 0 Å². The van der Waals surface area contributed by atoms with Crippen LogP contribution in [0.25, 0.3) is 0 Å². The molecule has 0 aromatic heterocycles. The lowest BCUT2D eigenvalue weighted by Gasteiger charge is -2.31. The average molecular weight is 319 g/mol. The Morgan fingerprint density at radius 3 is 2.86 bits per heavy atom. The van der Waals surface area contributed by atoms with Gasteiger partial charge in [-0.3, -0.25) is 4.79 Å². The van der Waals surface area contributed by atoms with Gasteiger partial charge in [-0.15, -0.1) is 0 Å². The molecule has 1 fully saturated rings. The molecule has 1 saturated heterocycles. The highest BCUT2D eigenvalue weighted by Gasteiger charge is 2.44. The van der Waals surface area contributed by atoms with Crippen molar-refractivity contribution in [3.63, 3.8) is 0 Å². The molecule has 1 amide bonds. The molecule has 2 rings (SSSR count). The number of hydrogen-bond acceptors (Lipinski definition) is 3. The topological polar surface area (TPSA) is 50.4 Å². The Kier molecular flexibility index (Phi) is 5.00. The Bertz CT molecular complexity index is 514. The molecular weight excluding hydrogens is 302 g/mol. The van der Waals surface area contributed by atoms with E-state index in [4.69, 9.17) is 11.6 Å². The number of para-hydroxylation sites is 1. The Hall–Kier alpha value is -1.40. The summed E-state index contributed by atoms with van der Waals surface area (Å²) in [6, 6.07) is 5.50. The fourth-order valence-electron chi connectivity index (χ4n) is 2.19. The molecule has 2 N–H and O–H groups in total. The first-order chi connectivity index (χ1) is 9.90. The minimum absolute atomic E-state index is 0.0280. The van der Waals surface area contributed by atoms with Crippen LogP contribution in [0.15, 0.2) is 24.3 Å². The largest absolute Gasteiger partial charge is 0.482 e. The first-order valence-corrected chi connectivity index (χ1v) is 7.11. The van der Waals surface area contributed by atoms with Gasteiger partial charge in [0.05, 0.1) is 5.02 Å². The van der Waals surface area contributed by atoms with Crippen LogP contribution in [0.2, 0.25) is 5.02 Å². The van der Waals surface area contributed by atoms with Crippen LogP contribution < -0.4 is 15.4 Å². The molecule has 2 atom stereocenters. The van der Waals surface area contributed by atoms with E-state index in [1.165, 1.54) is 18.2 Å². The Morgan fingerprint density at radius 2 is 2.19 bits per heavy atom. The SMILES string of the molecule is C[C@H]1CNCC[C@@H]1NC(=O)C(F)(F)Oc1ccccc1Cl. The van der Waals surface area contributed by atoms with Gasteiger partial charge in [0.2, 0.25) is 0 Å². The predicted octanol–water partition coefficient (Wildman–Crippen LogP) is 2.43. The highest BCUT2D eigenvalue weighted by Crippen LogP contribution is 2.29. The van der Waals surface area contributed by atoms with Crippen molar-refractivity contribution in [1.82, 2.24) is 10.6 Å². The van der Waals surface area contributed by atoms with E-state index in [1.807, 2.05) is 6.92 Å². The minimum atomic E-state index is -3.96. The van der Waals surface area contributed by atoms with E-state index in [0.717, 1.165) is 0 Å². The standard InChI is InChI=1S/C14H17ClF2N2O2/c1-9-8-18-7-6-11(9)19-13(20)14(16,17)21-12-5-3-2-4-10(12)15/h2-5,9,11,18H,6-8H2,1H3,(H,19,20)/t9-,11-/m0/s1. The van der Waals surface area contributed by atoms with Crippen LogP contribution in [0.1, 0.15) is 13.3 Å². The van der Waals surface area contributed by atoms with Crippen molar-refractivity contribution >= 4 is 17.5 Å². The number of ether oxygens (including phenoxy) is 1. The van der Waals surface area contributed by atoms with Gasteiger partial charge < -0.3 is 15.4 Å². The summed E-state index contributed by atoms with van der Waals surface area (Å²) in [6.45, 7) is 3.26. The highest BCUT2D eigenvalue weighted by molar-refractivity contribution is 6.32. The molecule has 1 aliphatic heterocycles. The quantitative estimate of drug-likeness (QED) is 0.896. The number of piperidine rings is 1. The van der Waals surface area contributed by atoms with E-state index in [2.05, 4.69) is 15.4 Å². The van der Waals surface area contributed by atoms with Crippen molar-refractivity contribution in [1.29, 1.82) is 0 Å². The van der Waals surface area contributed by atoms with Crippen molar-refractivity contribution < 1.29 is 18.3 Å². The van der Waals surface area contributed by atoms with Gasteiger partial charge in [-0.2, -0.15) is 8.78 Å². The van der Waals surface area contributed by atoms with Crippen molar-refractivity contribution in [3.05, 3.63) is 29.3 Å². The second kappa shape index (κ2) is 6.58. The van der Waals surface area contributed by atoms with Crippen LogP contribution in [0.3, 0.4) is 0 Å². The fourth-order valence-corrected chi connectivity index (χ4v) is 2.37. The average Bonchev–Trinajstić information content (AvgIpc) is 2.43. The summed E-state index contributed by atoms with van der Waals surface area (Å²) in [5.74, 6) is -1.59. The molecule has 1 aliphatic rings. The number of carbonyl (C=O) groups excluding carboxylic acids is 1. The number of benzene rings is 1. The molecule has 1 heterocycles. The Balaban J connectivity index is 2.01. The summed E-state index contributed by atoms with van der Waals surface area (Å²) in [6.07, 6.45) is -3.36. The smallest absolute Gasteiger partial charge is 0.424 e. The molecule has 1 aromatic carbocycles. The van der Waals surface area contributed by atoms with Crippen molar-refractivity contribution in [3.8, 4) is 5.75 Å². The Morgan fingerprint density at radius 1 is 1.48 bits per heavy atom. The van der Waals surface area contributed by atoms with Crippen LogP contribution in [-0.4, -0.2) is 31.1 Å². The third-order valence-electron chi connectivity index (χ3n) is 3.44. The van der Waals surface area contributed by atoms with E-state index in [0.29, 0.717) is 19.5 Å². The summed E-state index contributed by atoms with van der Waals surface area (Å²) in [7, 11) is 0. The first-order valence-electron chi connectivity index (χ1n) is 6.73. The zero-order valence-electron chi connectivity index (χ0n) is 11.5. The molecule has 1 aromatic rings. The van der Waals surface area contributed by atoms with Gasteiger partial charge in [0, 0.05) is 6.04 Å². The predicted molar refractivity (Wildman–Crippen MR) is 75.6 cm³/mol. The maximum atomic E-state index is 13.9. The van der Waals surface area contributed by atoms with Gasteiger partial charge in [0.1, 0.15) is 5.75 Å². The fraction of sp³-hybridized carbons (Fsp3) is 0.500. The monoisotopic (exact) mass is 318 g/mol. The Labute approximate surface area is 126 Å². The highest BCUT2D eigenvalue weighted by atomic mass is 35.5. The second-order valence-corrected chi connectivity index (χ2v) is 5.51. The zero-order valence-corrected chi connectivity index (χ0v) is 12.3. The van der Waals surface area contributed by atoms with Crippen molar-refractivity contribution in [2.24, 2.45) is 5.92 Å². The van der Waals surface area contributed by atoms with Crippen molar-refractivity contribution in [2.75, 3.05) is 13.1 Å². The van der Waals surface area contributed by atoms with Gasteiger partial charge in [-0.1, -0.05) is 30.7 Å². The van der Waals surface area contributed by atoms with Crippen LogP contribution in [0, 0.1) is 5.92 Å². The van der Waals surface area contributed by atoms with Crippen LogP contribution in [-0.2, 0) is 4.79 Å². The van der Waals surface area contributed by atoms with Crippen LogP contribution in [0.5, 0.6) is 5.75 Å². The molecule has 0 bridgehead atoms. The van der Waals surface area contributed by atoms with E-state index < -0.39 is 12.0 Å². The number of nitrogens with one attached hydrogen (secondary N) is 2. The minimum Gasteiger partial charge on any atom is -0.424 e. The molecule has 7 heteroatoms. The number of carbonyl (C=O) groups is 1. The first kappa shape index (κ1) is 16.0. The molecular formula is C14H17ClF2N2O2. The lowest BCUT2D eigenvalue weighted by Crippen LogP contribution is -2.54. The summed E-state index contributed by atoms with van der Waals surface area (Å²) in [5.41, 5.74) is 0. The lowest BCUT2D eigenvalue weighted by atomic mass is 9.95. The molecule has 21 heavy (non-hydrogen) atoms. The molecule has 116 valence electrons. The summed E-state index contributed by atoms with van der Waals surface area (Å²) >= 11 is 5.75. The number of alkyl halides is 2. The van der Waals surface area contributed by atoms with Crippen molar-refractivity contribution in [2.45, 2.75) is 25.5 Å². The van der Waals surface area contributed by atoms with E-state index >= 15 is 0 Å². The number of rotatable bonds is 4. The van der Waals surface area contributed by atoms with E-state index in [9.17, 15) is 13.6 Å². The zero-order chi connectivity index (χ0) is 15.5. The molecule has 0 unspecified atom stereocenters. The number of hydrogen-bond donors (Lipinski definition) is 2. The molecule has 0 saturated carbocycles. The van der Waals surface area contributed by atoms with Gasteiger partial charge >= 0.3 is 12.0 Å². The van der Waals surface area contributed by atoms with E-state index in [1.54, 1.807) is 6.07 Å². The number of halogens is 3. The van der Waals surface area contributed by atoms with Gasteiger partial charge in [-0.25, -0.2) is 0 Å². The second-order valence-electron chi connectivity index (χ2n) is 5.10. The molecule has 0 radical (unpaired) electrons.